The third-order valence-corrected chi connectivity index (χ3v) is 2.95. The van der Waals surface area contributed by atoms with Crippen LogP contribution in [0, 0.1) is 5.92 Å². The van der Waals surface area contributed by atoms with Crippen molar-refractivity contribution in [2.75, 3.05) is 26.0 Å². The van der Waals surface area contributed by atoms with Gasteiger partial charge in [-0.1, -0.05) is 17.7 Å². The Bertz CT molecular complexity index is 468. The summed E-state index contributed by atoms with van der Waals surface area (Å²) in [5.41, 5.74) is 1.55. The topological polar surface area (TPSA) is 32.3 Å². The molecule has 4 heteroatoms. The molecule has 0 spiro atoms. The summed E-state index contributed by atoms with van der Waals surface area (Å²) in [6, 6.07) is 5.36. The first-order valence-corrected chi connectivity index (χ1v) is 5.88. The van der Waals surface area contributed by atoms with E-state index >= 15 is 0 Å². The van der Waals surface area contributed by atoms with Gasteiger partial charge in [0.1, 0.15) is 0 Å². The van der Waals surface area contributed by atoms with E-state index in [9.17, 15) is 4.79 Å². The Kier molecular flexibility index (Phi) is 3.38. The third-order valence-electron chi connectivity index (χ3n) is 2.71. The van der Waals surface area contributed by atoms with Crippen LogP contribution in [0.1, 0.15) is 10.4 Å². The van der Waals surface area contributed by atoms with Gasteiger partial charge in [-0.15, -0.1) is 0 Å². The average molecular weight is 251 g/mol. The van der Waals surface area contributed by atoms with Crippen molar-refractivity contribution in [3.63, 3.8) is 0 Å². The van der Waals surface area contributed by atoms with Crippen LogP contribution >= 0.6 is 11.6 Å². The lowest BCUT2D eigenvalue weighted by Crippen LogP contribution is -2.28. The fraction of sp³-hybridized carbons (Fsp3) is 0.308. The van der Waals surface area contributed by atoms with Crippen LogP contribution < -0.4 is 5.32 Å². The molecule has 1 aromatic rings. The van der Waals surface area contributed by atoms with Gasteiger partial charge >= 0.3 is 0 Å². The quantitative estimate of drug-likeness (QED) is 0.876. The molecule has 0 saturated carbocycles. The van der Waals surface area contributed by atoms with Crippen LogP contribution in [0.3, 0.4) is 0 Å². The summed E-state index contributed by atoms with van der Waals surface area (Å²) in [6.45, 7) is 0.637. The number of fused-ring (bicyclic) bond motifs is 1. The molecule has 0 fully saturated rings. The van der Waals surface area contributed by atoms with Crippen molar-refractivity contribution in [3.8, 4) is 0 Å². The van der Waals surface area contributed by atoms with E-state index in [1.165, 1.54) is 0 Å². The molecule has 3 nitrogen and oxygen atoms in total. The molecule has 90 valence electrons. The third kappa shape index (κ3) is 2.61. The molecule has 0 aromatic heterocycles. The van der Waals surface area contributed by atoms with Crippen molar-refractivity contribution in [2.24, 2.45) is 5.92 Å². The van der Waals surface area contributed by atoms with E-state index in [0.717, 1.165) is 5.69 Å². The predicted octanol–water partition coefficient (Wildman–Crippen LogP) is 2.64. The van der Waals surface area contributed by atoms with Crippen LogP contribution in [0.5, 0.6) is 0 Å². The highest BCUT2D eigenvalue weighted by Gasteiger charge is 2.25. The van der Waals surface area contributed by atoms with Crippen LogP contribution in [0.4, 0.5) is 5.69 Å². The van der Waals surface area contributed by atoms with E-state index in [4.69, 9.17) is 11.6 Å². The zero-order valence-electron chi connectivity index (χ0n) is 9.90. The summed E-state index contributed by atoms with van der Waals surface area (Å²) in [6.07, 6.45) is 3.82. The van der Waals surface area contributed by atoms with Gasteiger partial charge in [0.2, 0.25) is 0 Å². The summed E-state index contributed by atoms with van der Waals surface area (Å²) >= 11 is 5.91. The number of carbonyl (C=O) groups excluding carboxylic acids is 1. The predicted molar refractivity (Wildman–Crippen MR) is 70.6 cm³/mol. The molecular weight excluding hydrogens is 236 g/mol. The SMILES string of the molecule is CN(C)C=CC1CNc2ccc(Cl)cc2C1=O. The van der Waals surface area contributed by atoms with E-state index in [1.54, 1.807) is 12.1 Å². The molecule has 1 heterocycles. The van der Waals surface area contributed by atoms with Crippen molar-refractivity contribution in [3.05, 3.63) is 41.1 Å². The lowest BCUT2D eigenvalue weighted by Gasteiger charge is -2.23. The summed E-state index contributed by atoms with van der Waals surface area (Å²) in [5, 5.41) is 3.84. The molecule has 1 N–H and O–H groups in total. The van der Waals surface area contributed by atoms with Gasteiger partial charge in [0, 0.05) is 36.9 Å². The zero-order chi connectivity index (χ0) is 12.4. The number of rotatable bonds is 2. The van der Waals surface area contributed by atoms with Crippen LogP contribution in [-0.2, 0) is 0 Å². The molecule has 17 heavy (non-hydrogen) atoms. The molecule has 0 amide bonds. The van der Waals surface area contributed by atoms with E-state index in [-0.39, 0.29) is 11.7 Å². The second kappa shape index (κ2) is 4.80. The Balaban J connectivity index is 2.26. The van der Waals surface area contributed by atoms with Gasteiger partial charge in [0.25, 0.3) is 0 Å². The van der Waals surface area contributed by atoms with Gasteiger partial charge in [-0.05, 0) is 24.4 Å². The molecule has 0 radical (unpaired) electrons. The lowest BCUT2D eigenvalue weighted by atomic mass is 9.92. The Labute approximate surface area is 106 Å². The second-order valence-electron chi connectivity index (χ2n) is 4.35. The highest BCUT2D eigenvalue weighted by atomic mass is 35.5. The van der Waals surface area contributed by atoms with E-state index in [2.05, 4.69) is 5.32 Å². The number of Topliss-reactive ketones (excluding diaryl/α,β-unsaturated/α-hetero) is 1. The Morgan fingerprint density at radius 3 is 2.94 bits per heavy atom. The van der Waals surface area contributed by atoms with Gasteiger partial charge in [-0.25, -0.2) is 0 Å². The van der Waals surface area contributed by atoms with Crippen molar-refractivity contribution in [1.29, 1.82) is 0 Å². The van der Waals surface area contributed by atoms with Crippen molar-refractivity contribution in [2.45, 2.75) is 0 Å². The average Bonchev–Trinajstić information content (AvgIpc) is 2.29. The number of halogens is 1. The minimum Gasteiger partial charge on any atom is -0.384 e. The summed E-state index contributed by atoms with van der Waals surface area (Å²) in [5.74, 6) is 0.00252. The Morgan fingerprint density at radius 2 is 2.24 bits per heavy atom. The van der Waals surface area contributed by atoms with Gasteiger partial charge in [-0.3, -0.25) is 4.79 Å². The smallest absolute Gasteiger partial charge is 0.173 e. The van der Waals surface area contributed by atoms with Crippen LogP contribution in [0.15, 0.2) is 30.5 Å². The number of carbonyl (C=O) groups is 1. The summed E-state index contributed by atoms with van der Waals surface area (Å²) < 4.78 is 0. The van der Waals surface area contributed by atoms with Gasteiger partial charge in [0.15, 0.2) is 5.78 Å². The normalized spacial score (nSPS) is 19.0. The van der Waals surface area contributed by atoms with Gasteiger partial charge in [-0.2, -0.15) is 0 Å². The summed E-state index contributed by atoms with van der Waals surface area (Å²) in [4.78, 5) is 14.1. The van der Waals surface area contributed by atoms with Crippen molar-refractivity contribution < 1.29 is 4.79 Å². The van der Waals surface area contributed by atoms with E-state index in [1.807, 2.05) is 37.3 Å². The highest BCUT2D eigenvalue weighted by molar-refractivity contribution is 6.31. The highest BCUT2D eigenvalue weighted by Crippen LogP contribution is 2.28. The monoisotopic (exact) mass is 250 g/mol. The molecule has 1 aliphatic heterocycles. The van der Waals surface area contributed by atoms with Crippen LogP contribution in [-0.4, -0.2) is 31.3 Å². The van der Waals surface area contributed by atoms with E-state index in [0.29, 0.717) is 17.1 Å². The fourth-order valence-electron chi connectivity index (χ4n) is 1.82. The molecular formula is C13H15ClN2O. The van der Waals surface area contributed by atoms with Gasteiger partial charge < -0.3 is 10.2 Å². The first-order chi connectivity index (χ1) is 8.08. The molecule has 0 aliphatic carbocycles. The van der Waals surface area contributed by atoms with Gasteiger partial charge in [0.05, 0.1) is 5.92 Å². The molecule has 1 aliphatic rings. The fourth-order valence-corrected chi connectivity index (χ4v) is 1.99. The van der Waals surface area contributed by atoms with Crippen LogP contribution in [0.25, 0.3) is 0 Å². The minimum absolute atomic E-state index is 0.122. The second-order valence-corrected chi connectivity index (χ2v) is 4.78. The van der Waals surface area contributed by atoms with Crippen LogP contribution in [0.2, 0.25) is 5.02 Å². The zero-order valence-corrected chi connectivity index (χ0v) is 10.7. The maximum Gasteiger partial charge on any atom is 0.173 e. The standard InChI is InChI=1S/C13H15ClN2O/c1-16(2)6-5-9-8-15-12-4-3-10(14)7-11(12)13(9)17/h3-7,9,15H,8H2,1-2H3. The molecule has 1 unspecified atom stereocenters. The number of anilines is 1. The Morgan fingerprint density at radius 1 is 1.47 bits per heavy atom. The molecule has 2 rings (SSSR count). The maximum atomic E-state index is 12.2. The largest absolute Gasteiger partial charge is 0.384 e. The lowest BCUT2D eigenvalue weighted by molar-refractivity contribution is 0.0946. The molecule has 0 saturated heterocycles. The summed E-state index contributed by atoms with van der Waals surface area (Å²) in [7, 11) is 3.87. The van der Waals surface area contributed by atoms with Crippen molar-refractivity contribution in [1.82, 2.24) is 4.90 Å². The number of ketones is 1. The minimum atomic E-state index is -0.122. The number of benzene rings is 1. The molecule has 0 bridgehead atoms. The number of nitrogens with zero attached hydrogens (tertiary/aromatic N) is 1. The molecule has 1 atom stereocenters. The number of nitrogens with one attached hydrogen (secondary N) is 1. The first kappa shape index (κ1) is 12.0. The number of hydrogen-bond donors (Lipinski definition) is 1. The van der Waals surface area contributed by atoms with E-state index < -0.39 is 0 Å². The Hall–Kier alpha value is -1.48. The molecule has 1 aromatic carbocycles. The first-order valence-electron chi connectivity index (χ1n) is 5.50. The number of hydrogen-bond acceptors (Lipinski definition) is 3. The van der Waals surface area contributed by atoms with Crippen molar-refractivity contribution >= 4 is 23.1 Å². The maximum absolute atomic E-state index is 12.2.